The van der Waals surface area contributed by atoms with Gasteiger partial charge in [0.25, 0.3) is 0 Å². The van der Waals surface area contributed by atoms with Gasteiger partial charge in [-0.3, -0.25) is 0 Å². The van der Waals surface area contributed by atoms with E-state index in [9.17, 15) is 0 Å². The van der Waals surface area contributed by atoms with E-state index < -0.39 is 0 Å². The van der Waals surface area contributed by atoms with Gasteiger partial charge in [-0.25, -0.2) is 0 Å². The van der Waals surface area contributed by atoms with Crippen molar-refractivity contribution in [2.45, 2.75) is 0 Å². The summed E-state index contributed by atoms with van der Waals surface area (Å²) < 4.78 is 0. The van der Waals surface area contributed by atoms with Gasteiger partial charge in [-0.15, -0.1) is 34.3 Å². The molecule has 0 aliphatic rings. The Morgan fingerprint density at radius 1 is 0.385 bits per heavy atom. The van der Waals surface area contributed by atoms with E-state index in [1.54, 1.807) is 0 Å². The van der Waals surface area contributed by atoms with Crippen molar-refractivity contribution in [3.63, 3.8) is 0 Å². The molecule has 5 heteroatoms. The van der Waals surface area contributed by atoms with Crippen molar-refractivity contribution in [3.05, 3.63) is 0 Å². The average Bonchev–Trinajstić information content (AvgIpc) is 1.92. The maximum Gasteiger partial charge on any atom is 0 e. The molecule has 0 bridgehead atoms. The SMILES string of the molecule is CPC.CPC.CPC.CPC.[Pt]. The third-order valence-electron chi connectivity index (χ3n) is 0. The van der Waals surface area contributed by atoms with Gasteiger partial charge in [0.05, 0.1) is 0 Å². The van der Waals surface area contributed by atoms with E-state index in [1.807, 2.05) is 0 Å². The van der Waals surface area contributed by atoms with Crippen LogP contribution in [0.3, 0.4) is 0 Å². The summed E-state index contributed by atoms with van der Waals surface area (Å²) in [5.41, 5.74) is 0. The Kier molecular flexibility index (Phi) is 143. The van der Waals surface area contributed by atoms with Crippen LogP contribution in [0, 0.1) is 0 Å². The Morgan fingerprint density at radius 3 is 0.385 bits per heavy atom. The molecule has 0 aliphatic heterocycles. The van der Waals surface area contributed by atoms with Crippen molar-refractivity contribution in [3.8, 4) is 0 Å². The molecule has 0 saturated heterocycles. The number of rotatable bonds is 0. The van der Waals surface area contributed by atoms with E-state index in [4.69, 9.17) is 0 Å². The van der Waals surface area contributed by atoms with E-state index >= 15 is 0 Å². The van der Waals surface area contributed by atoms with Crippen molar-refractivity contribution in [2.75, 3.05) is 53.3 Å². The fraction of sp³-hybridized carbons (Fsp3) is 1.00. The molecule has 13 heavy (non-hydrogen) atoms. The second-order valence-electron chi connectivity index (χ2n) is 2.00. The van der Waals surface area contributed by atoms with Crippen molar-refractivity contribution in [2.24, 2.45) is 0 Å². The van der Waals surface area contributed by atoms with Gasteiger partial charge >= 0.3 is 0 Å². The van der Waals surface area contributed by atoms with E-state index in [-0.39, 0.29) is 21.1 Å². The minimum Gasteiger partial charge on any atom is -0.129 e. The van der Waals surface area contributed by atoms with E-state index in [0.29, 0.717) is 0 Å². The van der Waals surface area contributed by atoms with Gasteiger partial charge in [-0.05, 0) is 53.3 Å². The molecule has 0 aromatic rings. The summed E-state index contributed by atoms with van der Waals surface area (Å²) >= 11 is 0. The minimum atomic E-state index is 0. The van der Waals surface area contributed by atoms with Crippen LogP contribution in [0.1, 0.15) is 0 Å². The van der Waals surface area contributed by atoms with Gasteiger partial charge in [0, 0.05) is 21.1 Å². The maximum absolute atomic E-state index is 2.15. The van der Waals surface area contributed by atoms with Crippen LogP contribution in [0.5, 0.6) is 0 Å². The predicted molar refractivity (Wildman–Crippen MR) is 80.7 cm³/mol. The predicted octanol–water partition coefficient (Wildman–Crippen LogP) is 3.70. The Morgan fingerprint density at radius 2 is 0.385 bits per heavy atom. The monoisotopic (exact) mass is 443 g/mol. The third-order valence-corrected chi connectivity index (χ3v) is 0. The summed E-state index contributed by atoms with van der Waals surface area (Å²) in [4.78, 5) is 0. The molecule has 0 saturated carbocycles. The van der Waals surface area contributed by atoms with Gasteiger partial charge in [-0.1, -0.05) is 0 Å². The smallest absolute Gasteiger partial charge is 0 e. The van der Waals surface area contributed by atoms with Gasteiger partial charge in [0.2, 0.25) is 0 Å². The van der Waals surface area contributed by atoms with Crippen LogP contribution in [-0.2, 0) is 21.1 Å². The molecular weight excluding hydrogens is 415 g/mol. The van der Waals surface area contributed by atoms with Crippen molar-refractivity contribution in [1.82, 2.24) is 0 Å². The third kappa shape index (κ3) is 382. The first-order valence-corrected chi connectivity index (χ1v) is 12.0. The first kappa shape index (κ1) is 29.5. The summed E-state index contributed by atoms with van der Waals surface area (Å²) in [6.07, 6.45) is 0. The Bertz CT molecular complexity index is 24.1. The molecule has 0 fully saturated rings. The van der Waals surface area contributed by atoms with Crippen LogP contribution in [0.15, 0.2) is 0 Å². The molecule has 0 N–H and O–H groups in total. The topological polar surface area (TPSA) is 0 Å². The second kappa shape index (κ2) is 63.1. The minimum absolute atomic E-state index is 0. The average molecular weight is 443 g/mol. The van der Waals surface area contributed by atoms with Gasteiger partial charge in [0.1, 0.15) is 0 Å². The molecule has 0 radical (unpaired) electrons. The molecule has 0 aromatic carbocycles. The summed E-state index contributed by atoms with van der Waals surface area (Å²) in [6, 6.07) is 0. The largest absolute Gasteiger partial charge is 0.129 e. The zero-order valence-electron chi connectivity index (χ0n) is 10.3. The van der Waals surface area contributed by atoms with Crippen LogP contribution in [0.4, 0.5) is 0 Å². The van der Waals surface area contributed by atoms with Crippen LogP contribution in [0.2, 0.25) is 0 Å². The van der Waals surface area contributed by atoms with Crippen LogP contribution >= 0.6 is 34.3 Å². The molecule has 0 rings (SSSR count). The quantitative estimate of drug-likeness (QED) is 0.501. The molecule has 0 heterocycles. The van der Waals surface area contributed by atoms with Crippen LogP contribution in [0.25, 0.3) is 0 Å². The normalized spacial score (nSPS) is 5.54. The second-order valence-corrected chi connectivity index (χ2v) is 6.00. The molecule has 0 spiro atoms. The number of hydrogen-bond donors (Lipinski definition) is 0. The summed E-state index contributed by atoms with van der Waals surface area (Å²) in [7, 11) is 4.33. The van der Waals surface area contributed by atoms with Gasteiger partial charge in [-0.2, -0.15) is 0 Å². The van der Waals surface area contributed by atoms with Gasteiger partial charge < -0.3 is 0 Å². The van der Waals surface area contributed by atoms with Crippen LogP contribution in [-0.4, -0.2) is 53.3 Å². The summed E-state index contributed by atoms with van der Waals surface area (Å²) in [6.45, 7) is 17.2. The van der Waals surface area contributed by atoms with E-state index in [0.717, 1.165) is 34.3 Å². The molecule has 0 atom stereocenters. The Hall–Kier alpha value is 2.41. The van der Waals surface area contributed by atoms with E-state index in [1.165, 1.54) is 0 Å². The first-order chi connectivity index (χ1) is 5.66. The molecular formula is C8H28P4Pt. The van der Waals surface area contributed by atoms with Crippen LogP contribution < -0.4 is 0 Å². The molecule has 0 aromatic heterocycles. The van der Waals surface area contributed by atoms with Crippen molar-refractivity contribution >= 4 is 34.3 Å². The summed E-state index contributed by atoms with van der Waals surface area (Å²) in [5, 5.41) is 0. The zero-order valence-corrected chi connectivity index (χ0v) is 16.6. The Balaban J connectivity index is -0.0000000213. The molecule has 0 amide bonds. The standard InChI is InChI=1S/4C2H7P.Pt/c4*1-3-2;/h4*3H,1-2H3;. The molecule has 0 aliphatic carbocycles. The molecule has 0 unspecified atom stereocenters. The van der Waals surface area contributed by atoms with Gasteiger partial charge in [0.15, 0.2) is 0 Å². The first-order valence-electron chi connectivity index (χ1n) is 4.00. The Labute approximate surface area is 108 Å². The van der Waals surface area contributed by atoms with Crippen molar-refractivity contribution in [1.29, 1.82) is 0 Å². The zero-order chi connectivity index (χ0) is 10.8. The summed E-state index contributed by atoms with van der Waals surface area (Å²) in [5.74, 6) is 0. The van der Waals surface area contributed by atoms with Crippen molar-refractivity contribution < 1.29 is 21.1 Å². The maximum atomic E-state index is 2.15. The molecule has 0 nitrogen and oxygen atoms in total. The fourth-order valence-electron chi connectivity index (χ4n) is 0. The fourth-order valence-corrected chi connectivity index (χ4v) is 0. The van der Waals surface area contributed by atoms with E-state index in [2.05, 4.69) is 53.3 Å². The molecule has 90 valence electrons. The number of hydrogen-bond acceptors (Lipinski definition) is 0.